The van der Waals surface area contributed by atoms with Gasteiger partial charge in [0.05, 0.1) is 11.0 Å². The van der Waals surface area contributed by atoms with Gasteiger partial charge in [0.15, 0.2) is 0 Å². The molecule has 2 aromatic carbocycles. The lowest BCUT2D eigenvalue weighted by Crippen LogP contribution is -2.41. The Bertz CT molecular complexity index is 996. The number of imidazole rings is 1. The van der Waals surface area contributed by atoms with Gasteiger partial charge in [0.25, 0.3) is 0 Å². The van der Waals surface area contributed by atoms with Crippen LogP contribution in [0.1, 0.15) is 31.2 Å². The average Bonchev–Trinajstić information content (AvgIpc) is 3.10. The summed E-state index contributed by atoms with van der Waals surface area (Å²) >= 11 is 0. The number of H-pyrrole nitrogens is 1. The van der Waals surface area contributed by atoms with E-state index in [1.807, 2.05) is 48.5 Å². The van der Waals surface area contributed by atoms with E-state index in [-0.39, 0.29) is 18.4 Å². The minimum absolute atomic E-state index is 0.0126. The largest absolute Gasteiger partial charge is 0.356 e. The number of unbranched alkanes of at least 4 members (excludes halogenated alkanes) is 1. The van der Waals surface area contributed by atoms with E-state index in [4.69, 9.17) is 0 Å². The maximum Gasteiger partial charge on any atom is 0.240 e. The molecule has 1 aliphatic rings. The van der Waals surface area contributed by atoms with E-state index in [1.54, 1.807) is 4.90 Å². The summed E-state index contributed by atoms with van der Waals surface area (Å²) in [6.07, 6.45) is 4.93. The SMILES string of the molecule is O=C(CN1C(=O)CC[CH]c2ccccc21)NCCCCNc1nc2ccccc2[nH]1. The third-order valence-corrected chi connectivity index (χ3v) is 5.16. The molecule has 3 N–H and O–H groups in total. The molecule has 4 rings (SSSR count). The van der Waals surface area contributed by atoms with Crippen LogP contribution in [0.15, 0.2) is 48.5 Å². The highest BCUT2D eigenvalue weighted by Gasteiger charge is 2.23. The van der Waals surface area contributed by atoms with Gasteiger partial charge in [-0.1, -0.05) is 30.3 Å². The Morgan fingerprint density at radius 1 is 1.07 bits per heavy atom. The molecule has 7 heteroatoms. The Morgan fingerprint density at radius 2 is 1.87 bits per heavy atom. The van der Waals surface area contributed by atoms with Gasteiger partial charge < -0.3 is 20.5 Å². The van der Waals surface area contributed by atoms with E-state index in [0.717, 1.165) is 47.6 Å². The summed E-state index contributed by atoms with van der Waals surface area (Å²) in [4.78, 5) is 34.1. The van der Waals surface area contributed by atoms with Crippen LogP contribution in [0.5, 0.6) is 0 Å². The molecule has 1 aromatic heterocycles. The molecule has 0 atom stereocenters. The number of para-hydroxylation sites is 3. The van der Waals surface area contributed by atoms with Crippen LogP contribution in [0, 0.1) is 6.42 Å². The quantitative estimate of drug-likeness (QED) is 0.503. The van der Waals surface area contributed by atoms with E-state index >= 15 is 0 Å². The van der Waals surface area contributed by atoms with Crippen molar-refractivity contribution in [3.8, 4) is 0 Å². The summed E-state index contributed by atoms with van der Waals surface area (Å²) in [5.41, 5.74) is 3.77. The Labute approximate surface area is 175 Å². The minimum atomic E-state index is -0.134. The number of carbonyl (C=O) groups excluding carboxylic acids is 2. The summed E-state index contributed by atoms with van der Waals surface area (Å²) in [7, 11) is 0. The summed E-state index contributed by atoms with van der Waals surface area (Å²) in [6.45, 7) is 1.40. The summed E-state index contributed by atoms with van der Waals surface area (Å²) in [5.74, 6) is 0.613. The predicted molar refractivity (Wildman–Crippen MR) is 118 cm³/mol. The van der Waals surface area contributed by atoms with Crippen LogP contribution in [0.4, 0.5) is 11.6 Å². The zero-order valence-corrected chi connectivity index (χ0v) is 16.9. The molecule has 1 aliphatic heterocycles. The average molecular weight is 404 g/mol. The van der Waals surface area contributed by atoms with Crippen molar-refractivity contribution in [2.45, 2.75) is 25.7 Å². The highest BCUT2D eigenvalue weighted by atomic mass is 16.2. The van der Waals surface area contributed by atoms with Gasteiger partial charge in [-0.3, -0.25) is 9.59 Å². The Kier molecular flexibility index (Phi) is 6.27. The third kappa shape index (κ3) is 4.79. The van der Waals surface area contributed by atoms with Crippen molar-refractivity contribution in [1.82, 2.24) is 15.3 Å². The number of rotatable bonds is 8. The Balaban J connectivity index is 1.19. The molecule has 3 aromatic rings. The topological polar surface area (TPSA) is 90.1 Å². The molecule has 0 unspecified atom stereocenters. The number of nitrogens with zero attached hydrogens (tertiary/aromatic N) is 2. The number of nitrogens with one attached hydrogen (secondary N) is 3. The summed E-state index contributed by atoms with van der Waals surface area (Å²) in [6, 6.07) is 15.6. The van der Waals surface area contributed by atoms with Gasteiger partial charge >= 0.3 is 0 Å². The van der Waals surface area contributed by atoms with Gasteiger partial charge in [-0.2, -0.15) is 0 Å². The van der Waals surface area contributed by atoms with E-state index in [9.17, 15) is 9.59 Å². The molecule has 0 spiro atoms. The van der Waals surface area contributed by atoms with E-state index in [2.05, 4.69) is 27.0 Å². The lowest BCUT2D eigenvalue weighted by Gasteiger charge is -2.22. The van der Waals surface area contributed by atoms with Crippen molar-refractivity contribution in [1.29, 1.82) is 0 Å². The van der Waals surface area contributed by atoms with Crippen LogP contribution in [0.3, 0.4) is 0 Å². The van der Waals surface area contributed by atoms with Crippen LogP contribution in [-0.2, 0) is 9.59 Å². The Hall–Kier alpha value is -3.35. The molecule has 7 nitrogen and oxygen atoms in total. The van der Waals surface area contributed by atoms with Gasteiger partial charge in [-0.25, -0.2) is 4.98 Å². The highest BCUT2D eigenvalue weighted by molar-refractivity contribution is 6.00. The molecule has 2 heterocycles. The second-order valence-corrected chi connectivity index (χ2v) is 7.37. The number of benzene rings is 2. The van der Waals surface area contributed by atoms with E-state index in [1.165, 1.54) is 0 Å². The number of anilines is 2. The summed E-state index contributed by atoms with van der Waals surface area (Å²) < 4.78 is 0. The lowest BCUT2D eigenvalue weighted by atomic mass is 10.1. The smallest absolute Gasteiger partial charge is 0.240 e. The van der Waals surface area contributed by atoms with Crippen LogP contribution < -0.4 is 15.5 Å². The van der Waals surface area contributed by atoms with Crippen LogP contribution >= 0.6 is 0 Å². The lowest BCUT2D eigenvalue weighted by molar-refractivity contribution is -0.123. The fourth-order valence-corrected chi connectivity index (χ4v) is 3.62. The standard InChI is InChI=1S/C23H26N5O2/c29-21(16-28-20-12-4-1-8-17(20)9-7-13-22(28)30)24-14-5-6-15-25-23-26-18-10-2-3-11-19(18)27-23/h1-4,8-12H,5-7,13-16H2,(H,24,29)(H2,25,26,27). The first kappa shape index (κ1) is 19.9. The van der Waals surface area contributed by atoms with Gasteiger partial charge in [0.2, 0.25) is 17.8 Å². The molecule has 30 heavy (non-hydrogen) atoms. The van der Waals surface area contributed by atoms with Crippen molar-refractivity contribution >= 4 is 34.5 Å². The van der Waals surface area contributed by atoms with Crippen molar-refractivity contribution < 1.29 is 9.59 Å². The van der Waals surface area contributed by atoms with Crippen molar-refractivity contribution in [2.24, 2.45) is 0 Å². The second-order valence-electron chi connectivity index (χ2n) is 7.37. The van der Waals surface area contributed by atoms with Crippen molar-refractivity contribution in [2.75, 3.05) is 29.9 Å². The number of hydrogen-bond donors (Lipinski definition) is 3. The van der Waals surface area contributed by atoms with Crippen LogP contribution in [-0.4, -0.2) is 41.4 Å². The van der Waals surface area contributed by atoms with Gasteiger partial charge in [0, 0.05) is 25.2 Å². The zero-order valence-electron chi connectivity index (χ0n) is 16.9. The van der Waals surface area contributed by atoms with Crippen molar-refractivity contribution in [3.05, 3.63) is 60.5 Å². The first-order valence-corrected chi connectivity index (χ1v) is 10.4. The molecule has 155 valence electrons. The molecule has 0 saturated heterocycles. The number of carbonyl (C=O) groups is 2. The molecule has 2 amide bonds. The fourth-order valence-electron chi connectivity index (χ4n) is 3.62. The number of aromatic amines is 1. The van der Waals surface area contributed by atoms with Crippen LogP contribution in [0.25, 0.3) is 11.0 Å². The number of aromatic nitrogens is 2. The fraction of sp³-hybridized carbons (Fsp3) is 0.304. The van der Waals surface area contributed by atoms with E-state index in [0.29, 0.717) is 19.4 Å². The number of amides is 2. The normalized spacial score (nSPS) is 13.7. The molecule has 0 saturated carbocycles. The number of fused-ring (bicyclic) bond motifs is 2. The minimum Gasteiger partial charge on any atom is -0.356 e. The first-order chi connectivity index (χ1) is 14.7. The summed E-state index contributed by atoms with van der Waals surface area (Å²) in [5, 5.41) is 6.20. The highest BCUT2D eigenvalue weighted by Crippen LogP contribution is 2.27. The van der Waals surface area contributed by atoms with Crippen molar-refractivity contribution in [3.63, 3.8) is 0 Å². The van der Waals surface area contributed by atoms with Crippen LogP contribution in [0.2, 0.25) is 0 Å². The molecular formula is C23H26N5O2. The molecule has 0 aliphatic carbocycles. The predicted octanol–water partition coefficient (Wildman–Crippen LogP) is 3.25. The monoisotopic (exact) mass is 404 g/mol. The second kappa shape index (κ2) is 9.43. The molecule has 0 fully saturated rings. The third-order valence-electron chi connectivity index (χ3n) is 5.16. The Morgan fingerprint density at radius 3 is 2.77 bits per heavy atom. The maximum atomic E-state index is 12.4. The molecule has 1 radical (unpaired) electrons. The van der Waals surface area contributed by atoms with Gasteiger partial charge in [0.1, 0.15) is 6.54 Å². The van der Waals surface area contributed by atoms with Gasteiger partial charge in [-0.15, -0.1) is 0 Å². The van der Waals surface area contributed by atoms with E-state index < -0.39 is 0 Å². The maximum absolute atomic E-state index is 12.4. The molecule has 0 bridgehead atoms. The zero-order chi connectivity index (χ0) is 20.8. The van der Waals surface area contributed by atoms with Gasteiger partial charge in [-0.05, 0) is 49.4 Å². The molecular weight excluding hydrogens is 378 g/mol. The number of hydrogen-bond acceptors (Lipinski definition) is 4. The first-order valence-electron chi connectivity index (χ1n) is 10.4.